The molecule has 0 radical (unpaired) electrons. The van der Waals surface area contributed by atoms with E-state index in [1.165, 1.54) is 18.2 Å². The Morgan fingerprint density at radius 2 is 2.00 bits per heavy atom. The quantitative estimate of drug-likeness (QED) is 0.935. The van der Waals surface area contributed by atoms with Gasteiger partial charge < -0.3 is 9.52 Å². The Morgan fingerprint density at radius 1 is 1.30 bits per heavy atom. The third kappa shape index (κ3) is 3.17. The van der Waals surface area contributed by atoms with Crippen LogP contribution < -0.4 is 0 Å². The van der Waals surface area contributed by atoms with Crippen molar-refractivity contribution in [2.75, 3.05) is 0 Å². The van der Waals surface area contributed by atoms with Crippen molar-refractivity contribution in [1.29, 1.82) is 0 Å². The fraction of sp³-hybridized carbons (Fsp3) is 0.231. The zero-order valence-electron chi connectivity index (χ0n) is 10.1. The van der Waals surface area contributed by atoms with E-state index in [2.05, 4.69) is 4.98 Å². The zero-order valence-corrected chi connectivity index (χ0v) is 10.1. The highest BCUT2D eigenvalue weighted by molar-refractivity contribution is 5.67. The van der Waals surface area contributed by atoms with Crippen molar-refractivity contribution in [3.8, 4) is 11.3 Å². The second-order valence-electron chi connectivity index (χ2n) is 4.06. The maximum Gasteiger partial charge on any atom is 0.417 e. The van der Waals surface area contributed by atoms with Gasteiger partial charge in [-0.15, -0.1) is 0 Å². The van der Waals surface area contributed by atoms with Crippen molar-refractivity contribution in [2.45, 2.75) is 19.0 Å². The molecule has 0 aliphatic heterocycles. The van der Waals surface area contributed by atoms with Crippen molar-refractivity contribution in [3.63, 3.8) is 0 Å². The van der Waals surface area contributed by atoms with Crippen molar-refractivity contribution < 1.29 is 27.5 Å². The van der Waals surface area contributed by atoms with Crippen LogP contribution in [0, 0.1) is 0 Å². The number of nitrogens with zero attached hydrogens (tertiary/aromatic N) is 1. The summed E-state index contributed by atoms with van der Waals surface area (Å²) in [7, 11) is 0. The normalized spacial score (nSPS) is 11.6. The molecular weight excluding hydrogens is 275 g/mol. The van der Waals surface area contributed by atoms with Gasteiger partial charge in [0.15, 0.2) is 5.89 Å². The first-order valence-electron chi connectivity index (χ1n) is 5.70. The Bertz CT molecular complexity index is 619. The SMILES string of the molecule is O=C(O)CCc1nc(-c2ccccc2C(F)(F)F)co1. The Labute approximate surface area is 111 Å². The van der Waals surface area contributed by atoms with Gasteiger partial charge in [0.2, 0.25) is 0 Å². The average Bonchev–Trinajstić information content (AvgIpc) is 2.84. The molecule has 0 aliphatic carbocycles. The third-order valence-corrected chi connectivity index (χ3v) is 2.61. The highest BCUT2D eigenvalue weighted by atomic mass is 19.4. The number of aryl methyl sites for hydroxylation is 1. The van der Waals surface area contributed by atoms with Crippen LogP contribution in [0.25, 0.3) is 11.3 Å². The summed E-state index contributed by atoms with van der Waals surface area (Å²) in [6.45, 7) is 0. The number of halogens is 3. The number of hydrogen-bond donors (Lipinski definition) is 1. The van der Waals surface area contributed by atoms with Crippen LogP contribution in [0.4, 0.5) is 13.2 Å². The molecule has 1 heterocycles. The van der Waals surface area contributed by atoms with Crippen LogP contribution in [0.15, 0.2) is 34.9 Å². The Kier molecular flexibility index (Phi) is 3.78. The van der Waals surface area contributed by atoms with Crippen LogP contribution in [-0.2, 0) is 17.4 Å². The predicted molar refractivity (Wildman–Crippen MR) is 62.9 cm³/mol. The van der Waals surface area contributed by atoms with Crippen LogP contribution in [-0.4, -0.2) is 16.1 Å². The van der Waals surface area contributed by atoms with Crippen molar-refractivity contribution in [1.82, 2.24) is 4.98 Å². The summed E-state index contributed by atoms with van der Waals surface area (Å²) in [5.74, 6) is -0.931. The van der Waals surface area contributed by atoms with Crippen LogP contribution in [0.3, 0.4) is 0 Å². The van der Waals surface area contributed by atoms with E-state index in [4.69, 9.17) is 9.52 Å². The van der Waals surface area contributed by atoms with E-state index < -0.39 is 17.7 Å². The Hall–Kier alpha value is -2.31. The summed E-state index contributed by atoms with van der Waals surface area (Å²) in [5, 5.41) is 8.53. The predicted octanol–water partition coefficient (Wildman–Crippen LogP) is 3.38. The molecule has 106 valence electrons. The van der Waals surface area contributed by atoms with Gasteiger partial charge in [0.25, 0.3) is 0 Å². The van der Waals surface area contributed by atoms with Gasteiger partial charge in [-0.2, -0.15) is 13.2 Å². The topological polar surface area (TPSA) is 63.3 Å². The molecule has 7 heteroatoms. The van der Waals surface area contributed by atoms with Gasteiger partial charge in [-0.1, -0.05) is 18.2 Å². The molecule has 1 aromatic heterocycles. The molecule has 1 aromatic carbocycles. The number of carboxylic acids is 1. The molecule has 0 bridgehead atoms. The maximum atomic E-state index is 12.9. The van der Waals surface area contributed by atoms with Gasteiger partial charge in [0, 0.05) is 12.0 Å². The molecule has 2 rings (SSSR count). The van der Waals surface area contributed by atoms with E-state index in [1.54, 1.807) is 0 Å². The van der Waals surface area contributed by atoms with E-state index in [9.17, 15) is 18.0 Å². The zero-order chi connectivity index (χ0) is 14.8. The number of carbonyl (C=O) groups is 1. The van der Waals surface area contributed by atoms with E-state index in [-0.39, 0.29) is 30.0 Å². The minimum Gasteiger partial charge on any atom is -0.481 e. The van der Waals surface area contributed by atoms with Crippen LogP contribution in [0.1, 0.15) is 17.9 Å². The molecule has 20 heavy (non-hydrogen) atoms. The Balaban J connectivity index is 2.31. The van der Waals surface area contributed by atoms with E-state index in [0.29, 0.717) is 0 Å². The average molecular weight is 285 g/mol. The first-order valence-corrected chi connectivity index (χ1v) is 5.70. The monoisotopic (exact) mass is 285 g/mol. The molecule has 1 N–H and O–H groups in total. The number of carboxylic acid groups (broad SMARTS) is 1. The third-order valence-electron chi connectivity index (χ3n) is 2.61. The fourth-order valence-electron chi connectivity index (χ4n) is 1.72. The summed E-state index contributed by atoms with van der Waals surface area (Å²) in [5.41, 5.74) is -0.860. The van der Waals surface area contributed by atoms with Gasteiger partial charge >= 0.3 is 12.1 Å². The molecule has 0 saturated carbocycles. The van der Waals surface area contributed by atoms with Gasteiger partial charge in [0.1, 0.15) is 12.0 Å². The van der Waals surface area contributed by atoms with Gasteiger partial charge in [-0.25, -0.2) is 4.98 Å². The van der Waals surface area contributed by atoms with E-state index in [0.717, 1.165) is 12.3 Å². The minimum atomic E-state index is -4.49. The second kappa shape index (κ2) is 5.36. The molecule has 0 atom stereocenters. The van der Waals surface area contributed by atoms with Crippen molar-refractivity contribution >= 4 is 5.97 Å². The number of benzene rings is 1. The standard InChI is InChI=1S/C13H10F3NO3/c14-13(15,16)9-4-2-1-3-8(9)10-7-20-11(17-10)5-6-12(18)19/h1-4,7H,5-6H2,(H,18,19). The molecule has 2 aromatic rings. The molecule has 0 aliphatic rings. The van der Waals surface area contributed by atoms with E-state index in [1.807, 2.05) is 0 Å². The lowest BCUT2D eigenvalue weighted by Crippen LogP contribution is -2.07. The summed E-state index contributed by atoms with van der Waals surface area (Å²) in [6, 6.07) is 5.01. The summed E-state index contributed by atoms with van der Waals surface area (Å²) >= 11 is 0. The van der Waals surface area contributed by atoms with Gasteiger partial charge in [-0.3, -0.25) is 4.79 Å². The second-order valence-corrected chi connectivity index (χ2v) is 4.06. The van der Waals surface area contributed by atoms with Crippen LogP contribution in [0.5, 0.6) is 0 Å². The summed E-state index contributed by atoms with van der Waals surface area (Å²) in [4.78, 5) is 14.3. The van der Waals surface area contributed by atoms with Crippen molar-refractivity contribution in [2.24, 2.45) is 0 Å². The molecule has 0 fully saturated rings. The number of alkyl halides is 3. The van der Waals surface area contributed by atoms with Gasteiger partial charge in [0.05, 0.1) is 12.0 Å². The number of aliphatic carboxylic acids is 1. The lowest BCUT2D eigenvalue weighted by Gasteiger charge is -2.10. The first kappa shape index (κ1) is 14.1. The van der Waals surface area contributed by atoms with Gasteiger partial charge in [-0.05, 0) is 6.07 Å². The van der Waals surface area contributed by atoms with E-state index >= 15 is 0 Å². The minimum absolute atomic E-state index is 0.0313. The van der Waals surface area contributed by atoms with Crippen molar-refractivity contribution in [3.05, 3.63) is 42.0 Å². The Morgan fingerprint density at radius 3 is 2.65 bits per heavy atom. The smallest absolute Gasteiger partial charge is 0.417 e. The highest BCUT2D eigenvalue weighted by Gasteiger charge is 2.34. The number of oxazole rings is 1. The highest BCUT2D eigenvalue weighted by Crippen LogP contribution is 2.36. The maximum absolute atomic E-state index is 12.9. The first-order chi connectivity index (χ1) is 9.38. The number of rotatable bonds is 4. The number of hydrogen-bond acceptors (Lipinski definition) is 3. The van der Waals surface area contributed by atoms with Crippen LogP contribution >= 0.6 is 0 Å². The largest absolute Gasteiger partial charge is 0.481 e. The summed E-state index contributed by atoms with van der Waals surface area (Å²) in [6.07, 6.45) is -3.55. The molecule has 0 unspecified atom stereocenters. The molecule has 0 spiro atoms. The molecule has 4 nitrogen and oxygen atoms in total. The molecule has 0 amide bonds. The number of aromatic nitrogens is 1. The van der Waals surface area contributed by atoms with Crippen LogP contribution in [0.2, 0.25) is 0 Å². The fourth-order valence-corrected chi connectivity index (χ4v) is 1.72. The lowest BCUT2D eigenvalue weighted by atomic mass is 10.1. The summed E-state index contributed by atoms with van der Waals surface area (Å²) < 4.78 is 43.6. The molecule has 0 saturated heterocycles. The molecular formula is C13H10F3NO3. The lowest BCUT2D eigenvalue weighted by molar-refractivity contribution is -0.138.